The third kappa shape index (κ3) is 3.11. The average Bonchev–Trinajstić information content (AvgIpc) is 2.79. The molecule has 4 amide bonds. The summed E-state index contributed by atoms with van der Waals surface area (Å²) >= 11 is 0. The number of nitrogens with zero attached hydrogens (tertiary/aromatic N) is 1. The third-order valence-electron chi connectivity index (χ3n) is 4.32. The van der Waals surface area contributed by atoms with Gasteiger partial charge >= 0.3 is 6.03 Å². The molecule has 6 nitrogen and oxygen atoms in total. The van der Waals surface area contributed by atoms with Crippen molar-refractivity contribution in [1.82, 2.24) is 15.8 Å². The van der Waals surface area contributed by atoms with Crippen LogP contribution in [-0.2, 0) is 9.59 Å². The second-order valence-electron chi connectivity index (χ2n) is 5.93. The molecule has 2 aliphatic rings. The van der Waals surface area contributed by atoms with Crippen molar-refractivity contribution in [3.63, 3.8) is 0 Å². The predicted molar refractivity (Wildman–Crippen MR) is 84.8 cm³/mol. The van der Waals surface area contributed by atoms with Crippen molar-refractivity contribution in [2.75, 3.05) is 0 Å². The summed E-state index contributed by atoms with van der Waals surface area (Å²) in [6.07, 6.45) is 7.07. The molecule has 2 fully saturated rings. The largest absolute Gasteiger partial charge is 0.344 e. The van der Waals surface area contributed by atoms with Crippen molar-refractivity contribution in [1.29, 1.82) is 0 Å². The first kappa shape index (κ1) is 15.3. The Morgan fingerprint density at radius 3 is 2.52 bits per heavy atom. The lowest BCUT2D eigenvalue weighted by atomic mass is 9.82. The van der Waals surface area contributed by atoms with E-state index in [0.717, 1.165) is 29.8 Å². The van der Waals surface area contributed by atoms with Gasteiger partial charge in [0.2, 0.25) is 0 Å². The van der Waals surface area contributed by atoms with Gasteiger partial charge < -0.3 is 5.32 Å². The van der Waals surface area contributed by atoms with Crippen molar-refractivity contribution in [3.8, 4) is 0 Å². The average molecular weight is 313 g/mol. The summed E-state index contributed by atoms with van der Waals surface area (Å²) in [5.41, 5.74) is 2.40. The summed E-state index contributed by atoms with van der Waals surface area (Å²) in [6.45, 7) is 0. The minimum Gasteiger partial charge on any atom is -0.322 e. The summed E-state index contributed by atoms with van der Waals surface area (Å²) in [4.78, 5) is 36.5. The number of hydrogen-bond donors (Lipinski definition) is 2. The number of rotatable bonds is 3. The molecule has 0 aromatic heterocycles. The van der Waals surface area contributed by atoms with E-state index < -0.39 is 17.5 Å². The van der Waals surface area contributed by atoms with E-state index in [4.69, 9.17) is 0 Å². The number of nitrogens with one attached hydrogen (secondary N) is 2. The minimum absolute atomic E-state index is 0.358. The fraction of sp³-hybridized carbons (Fsp3) is 0.353. The second-order valence-corrected chi connectivity index (χ2v) is 5.93. The highest BCUT2D eigenvalue weighted by Gasteiger charge is 2.52. The fourth-order valence-electron chi connectivity index (χ4n) is 3.10. The van der Waals surface area contributed by atoms with Crippen molar-refractivity contribution in [2.45, 2.75) is 37.6 Å². The molecule has 1 aliphatic heterocycles. The molecular formula is C17H19N3O3. The zero-order valence-corrected chi connectivity index (χ0v) is 12.7. The molecule has 1 aliphatic carbocycles. The van der Waals surface area contributed by atoms with Gasteiger partial charge in [-0.15, -0.1) is 0 Å². The Labute approximate surface area is 134 Å². The smallest absolute Gasteiger partial charge is 0.322 e. The zero-order chi connectivity index (χ0) is 16.3. The summed E-state index contributed by atoms with van der Waals surface area (Å²) in [6, 6.07) is 8.76. The van der Waals surface area contributed by atoms with Gasteiger partial charge in [-0.1, -0.05) is 49.6 Å². The number of urea groups is 1. The highest BCUT2D eigenvalue weighted by atomic mass is 16.2. The molecule has 120 valence electrons. The standard InChI is InChI=1S/C17H19N3O3/c21-14(10-9-13-7-3-1-4-8-13)19-20-15(22)17(18-16(20)23)11-5-2-6-12-17/h1,3-4,7-10H,2,5-6,11-12H2,(H,18,23)(H,19,21)/b10-9+. The van der Waals surface area contributed by atoms with Gasteiger partial charge in [0.15, 0.2) is 0 Å². The molecule has 1 saturated heterocycles. The Bertz CT molecular complexity index is 648. The quantitative estimate of drug-likeness (QED) is 0.661. The minimum atomic E-state index is -0.828. The maximum absolute atomic E-state index is 12.5. The van der Waals surface area contributed by atoms with Crippen LogP contribution in [0.2, 0.25) is 0 Å². The molecule has 6 heteroatoms. The summed E-state index contributed by atoms with van der Waals surface area (Å²) < 4.78 is 0. The van der Waals surface area contributed by atoms with Crippen LogP contribution in [0.1, 0.15) is 37.7 Å². The summed E-state index contributed by atoms with van der Waals surface area (Å²) in [5.74, 6) is -0.867. The van der Waals surface area contributed by atoms with E-state index in [1.54, 1.807) is 6.08 Å². The van der Waals surface area contributed by atoms with Crippen molar-refractivity contribution in [2.24, 2.45) is 0 Å². The van der Waals surface area contributed by atoms with Gasteiger partial charge in [-0.2, -0.15) is 5.01 Å². The first-order chi connectivity index (χ1) is 11.1. The van der Waals surface area contributed by atoms with Gasteiger partial charge in [-0.3, -0.25) is 15.0 Å². The van der Waals surface area contributed by atoms with Crippen LogP contribution >= 0.6 is 0 Å². The third-order valence-corrected chi connectivity index (χ3v) is 4.32. The molecule has 1 aromatic rings. The predicted octanol–water partition coefficient (Wildman–Crippen LogP) is 1.99. The maximum Gasteiger partial charge on any atom is 0.344 e. The molecule has 0 bridgehead atoms. The SMILES string of the molecule is O=C(/C=C/c1ccccc1)NN1C(=O)NC2(CCCCC2)C1=O. The van der Waals surface area contributed by atoms with E-state index in [-0.39, 0.29) is 5.91 Å². The first-order valence-electron chi connectivity index (χ1n) is 7.81. The lowest BCUT2D eigenvalue weighted by molar-refractivity contribution is -0.138. The fourth-order valence-corrected chi connectivity index (χ4v) is 3.10. The van der Waals surface area contributed by atoms with Crippen LogP contribution in [0.4, 0.5) is 4.79 Å². The van der Waals surface area contributed by atoms with Gasteiger partial charge in [-0.25, -0.2) is 4.79 Å². The molecule has 1 heterocycles. The van der Waals surface area contributed by atoms with Crippen molar-refractivity contribution < 1.29 is 14.4 Å². The molecule has 0 atom stereocenters. The van der Waals surface area contributed by atoms with Crippen molar-refractivity contribution >= 4 is 23.9 Å². The number of hydrazine groups is 1. The van der Waals surface area contributed by atoms with Crippen LogP contribution in [0.25, 0.3) is 6.08 Å². The lowest BCUT2D eigenvalue weighted by Crippen LogP contribution is -2.50. The molecule has 2 N–H and O–H groups in total. The molecule has 1 saturated carbocycles. The van der Waals surface area contributed by atoms with E-state index in [1.807, 2.05) is 30.3 Å². The Balaban J connectivity index is 1.65. The molecular weight excluding hydrogens is 294 g/mol. The van der Waals surface area contributed by atoms with E-state index >= 15 is 0 Å². The van der Waals surface area contributed by atoms with Crippen molar-refractivity contribution in [3.05, 3.63) is 42.0 Å². The molecule has 23 heavy (non-hydrogen) atoms. The van der Waals surface area contributed by atoms with Gasteiger partial charge in [0.1, 0.15) is 5.54 Å². The lowest BCUT2D eigenvalue weighted by Gasteiger charge is -2.30. The van der Waals surface area contributed by atoms with Crippen LogP contribution in [0.5, 0.6) is 0 Å². The normalized spacial score (nSPS) is 20.1. The summed E-state index contributed by atoms with van der Waals surface area (Å²) in [7, 11) is 0. The Morgan fingerprint density at radius 1 is 1.13 bits per heavy atom. The molecule has 0 radical (unpaired) electrons. The highest BCUT2D eigenvalue weighted by Crippen LogP contribution is 2.32. The topological polar surface area (TPSA) is 78.5 Å². The van der Waals surface area contributed by atoms with E-state index in [9.17, 15) is 14.4 Å². The number of benzene rings is 1. The molecule has 3 rings (SSSR count). The van der Waals surface area contributed by atoms with Crippen LogP contribution in [0.15, 0.2) is 36.4 Å². The summed E-state index contributed by atoms with van der Waals surface area (Å²) in [5, 5.41) is 3.56. The Hall–Kier alpha value is -2.63. The maximum atomic E-state index is 12.5. The van der Waals surface area contributed by atoms with E-state index in [1.165, 1.54) is 6.08 Å². The molecule has 1 spiro atoms. The molecule has 1 aromatic carbocycles. The highest BCUT2D eigenvalue weighted by molar-refractivity contribution is 6.08. The Kier molecular flexibility index (Phi) is 4.14. The van der Waals surface area contributed by atoms with Gasteiger partial charge in [0.05, 0.1) is 0 Å². The van der Waals surface area contributed by atoms with E-state index in [2.05, 4.69) is 10.7 Å². The zero-order valence-electron chi connectivity index (χ0n) is 12.7. The van der Waals surface area contributed by atoms with Crippen LogP contribution < -0.4 is 10.7 Å². The van der Waals surface area contributed by atoms with Crippen LogP contribution in [0.3, 0.4) is 0 Å². The van der Waals surface area contributed by atoms with Gasteiger partial charge in [-0.05, 0) is 24.5 Å². The Morgan fingerprint density at radius 2 is 1.83 bits per heavy atom. The number of carbonyl (C=O) groups is 3. The van der Waals surface area contributed by atoms with Crippen LogP contribution in [-0.4, -0.2) is 28.4 Å². The van der Waals surface area contributed by atoms with Gasteiger partial charge in [0, 0.05) is 6.08 Å². The number of hydrogen-bond acceptors (Lipinski definition) is 3. The van der Waals surface area contributed by atoms with Gasteiger partial charge in [0.25, 0.3) is 11.8 Å². The number of imide groups is 1. The molecule has 0 unspecified atom stereocenters. The van der Waals surface area contributed by atoms with E-state index in [0.29, 0.717) is 12.8 Å². The second kappa shape index (κ2) is 6.24. The first-order valence-corrected chi connectivity index (χ1v) is 7.81. The number of amides is 4. The number of carbonyl (C=O) groups excluding carboxylic acids is 3. The monoisotopic (exact) mass is 313 g/mol. The van der Waals surface area contributed by atoms with Crippen LogP contribution in [0, 0.1) is 0 Å².